The van der Waals surface area contributed by atoms with Crippen LogP contribution in [0.1, 0.15) is 10.9 Å². The highest BCUT2D eigenvalue weighted by molar-refractivity contribution is 7.10. The fraction of sp³-hybridized carbons (Fsp3) is 0.667. The van der Waals surface area contributed by atoms with Crippen LogP contribution in [0.2, 0.25) is 5.02 Å². The molecule has 0 bridgehead atoms. The molecule has 1 saturated heterocycles. The van der Waals surface area contributed by atoms with Crippen LogP contribution in [0.25, 0.3) is 0 Å². The van der Waals surface area contributed by atoms with Crippen LogP contribution in [-0.4, -0.2) is 51.0 Å². The molecule has 0 spiro atoms. The van der Waals surface area contributed by atoms with E-state index in [-0.39, 0.29) is 18.2 Å². The Hall–Kier alpha value is -0.170. The Kier molecular flexibility index (Phi) is 5.00. The van der Waals surface area contributed by atoms with Crippen molar-refractivity contribution in [3.8, 4) is 0 Å². The summed E-state index contributed by atoms with van der Waals surface area (Å²) in [5.74, 6) is 0. The van der Waals surface area contributed by atoms with Crippen molar-refractivity contribution in [3.05, 3.63) is 21.3 Å². The smallest absolute Gasteiger partial charge is 0.0972 e. The lowest BCUT2D eigenvalue weighted by molar-refractivity contribution is -0.00461. The van der Waals surface area contributed by atoms with Gasteiger partial charge in [0.2, 0.25) is 0 Å². The molecule has 18 heavy (non-hydrogen) atoms. The molecule has 1 fully saturated rings. The molecular formula is C12H19ClN2O2S. The van der Waals surface area contributed by atoms with Crippen molar-refractivity contribution in [1.29, 1.82) is 0 Å². The Balaban J connectivity index is 2.10. The van der Waals surface area contributed by atoms with Gasteiger partial charge in [0.1, 0.15) is 0 Å². The van der Waals surface area contributed by atoms with Gasteiger partial charge in [-0.2, -0.15) is 0 Å². The molecule has 1 aliphatic heterocycles. The standard InChI is InChI=1S/C12H19ClN2O2S/c1-16-10-5-15(6-11(10)17-2)9(4-14)12-3-8(13)7-18-12/h3,7,9-11H,4-6,14H2,1-2H3. The Morgan fingerprint density at radius 3 is 2.44 bits per heavy atom. The van der Waals surface area contributed by atoms with Crippen molar-refractivity contribution in [2.45, 2.75) is 18.2 Å². The predicted molar refractivity (Wildman–Crippen MR) is 74.3 cm³/mol. The summed E-state index contributed by atoms with van der Waals surface area (Å²) in [7, 11) is 3.44. The predicted octanol–water partition coefficient (Wildman–Crippen LogP) is 1.75. The molecule has 1 aromatic rings. The molecule has 3 atom stereocenters. The number of nitrogens with zero attached hydrogens (tertiary/aromatic N) is 1. The minimum Gasteiger partial charge on any atom is -0.377 e. The van der Waals surface area contributed by atoms with Crippen LogP contribution in [-0.2, 0) is 9.47 Å². The van der Waals surface area contributed by atoms with E-state index in [1.54, 1.807) is 25.6 Å². The number of likely N-dealkylation sites (tertiary alicyclic amines) is 1. The van der Waals surface area contributed by atoms with Crippen LogP contribution in [0.15, 0.2) is 11.4 Å². The zero-order valence-corrected chi connectivity index (χ0v) is 12.2. The Morgan fingerprint density at radius 1 is 1.44 bits per heavy atom. The van der Waals surface area contributed by atoms with Gasteiger partial charge in [0.05, 0.1) is 23.3 Å². The van der Waals surface area contributed by atoms with E-state index in [0.717, 1.165) is 18.1 Å². The number of hydrogen-bond donors (Lipinski definition) is 1. The minimum absolute atomic E-state index is 0.111. The van der Waals surface area contributed by atoms with Crippen LogP contribution in [0.3, 0.4) is 0 Å². The number of methoxy groups -OCH3 is 2. The molecule has 2 N–H and O–H groups in total. The lowest BCUT2D eigenvalue weighted by atomic mass is 10.2. The van der Waals surface area contributed by atoms with E-state index in [1.807, 2.05) is 11.4 Å². The molecule has 2 heterocycles. The molecule has 0 aromatic carbocycles. The van der Waals surface area contributed by atoms with Crippen LogP contribution in [0.4, 0.5) is 0 Å². The van der Waals surface area contributed by atoms with E-state index < -0.39 is 0 Å². The fourth-order valence-electron chi connectivity index (χ4n) is 2.43. The lowest BCUT2D eigenvalue weighted by Gasteiger charge is -2.25. The minimum atomic E-state index is 0.111. The van der Waals surface area contributed by atoms with Crippen LogP contribution < -0.4 is 5.73 Å². The number of thiophene rings is 1. The second kappa shape index (κ2) is 6.32. The molecule has 0 amide bonds. The first-order chi connectivity index (χ1) is 8.69. The summed E-state index contributed by atoms with van der Waals surface area (Å²) >= 11 is 7.63. The number of hydrogen-bond acceptors (Lipinski definition) is 5. The van der Waals surface area contributed by atoms with Crippen LogP contribution >= 0.6 is 22.9 Å². The first-order valence-electron chi connectivity index (χ1n) is 5.93. The molecule has 0 saturated carbocycles. The highest BCUT2D eigenvalue weighted by atomic mass is 35.5. The van der Waals surface area contributed by atoms with Gasteiger partial charge in [-0.25, -0.2) is 0 Å². The molecule has 2 rings (SSSR count). The van der Waals surface area contributed by atoms with Crippen molar-refractivity contribution >= 4 is 22.9 Å². The fourth-order valence-corrected chi connectivity index (χ4v) is 3.66. The quantitative estimate of drug-likeness (QED) is 0.897. The summed E-state index contributed by atoms with van der Waals surface area (Å²) in [6.07, 6.45) is 0.221. The highest BCUT2D eigenvalue weighted by Gasteiger charge is 2.36. The summed E-state index contributed by atoms with van der Waals surface area (Å²) in [5.41, 5.74) is 5.91. The van der Waals surface area contributed by atoms with Crippen LogP contribution in [0.5, 0.6) is 0 Å². The number of rotatable bonds is 5. The molecule has 0 radical (unpaired) electrons. The van der Waals surface area contributed by atoms with E-state index in [4.69, 9.17) is 26.8 Å². The van der Waals surface area contributed by atoms with Gasteiger partial charge < -0.3 is 15.2 Å². The van der Waals surface area contributed by atoms with Gasteiger partial charge in [0.15, 0.2) is 0 Å². The molecule has 1 aromatic heterocycles. The Morgan fingerprint density at radius 2 is 2.06 bits per heavy atom. The second-order valence-electron chi connectivity index (χ2n) is 4.42. The molecule has 6 heteroatoms. The normalized spacial score (nSPS) is 26.7. The van der Waals surface area contributed by atoms with Gasteiger partial charge in [-0.15, -0.1) is 11.3 Å². The third kappa shape index (κ3) is 2.87. The summed E-state index contributed by atoms with van der Waals surface area (Å²) in [4.78, 5) is 3.51. The number of halogens is 1. The zero-order valence-electron chi connectivity index (χ0n) is 10.6. The topological polar surface area (TPSA) is 47.7 Å². The third-order valence-electron chi connectivity index (χ3n) is 3.43. The Bertz CT molecular complexity index is 376. The average Bonchev–Trinajstić information content (AvgIpc) is 2.97. The maximum Gasteiger partial charge on any atom is 0.0972 e. The van der Waals surface area contributed by atoms with Crippen LogP contribution in [0, 0.1) is 0 Å². The first-order valence-corrected chi connectivity index (χ1v) is 7.19. The van der Waals surface area contributed by atoms with Crippen molar-refractivity contribution in [1.82, 2.24) is 4.90 Å². The molecular weight excluding hydrogens is 272 g/mol. The van der Waals surface area contributed by atoms with Gasteiger partial charge in [-0.05, 0) is 6.07 Å². The molecule has 1 aliphatic rings. The van der Waals surface area contributed by atoms with Gasteiger partial charge in [0, 0.05) is 44.1 Å². The summed E-state index contributed by atoms with van der Waals surface area (Å²) in [5, 5.41) is 2.72. The van der Waals surface area contributed by atoms with E-state index >= 15 is 0 Å². The highest BCUT2D eigenvalue weighted by Crippen LogP contribution is 2.31. The molecule has 4 nitrogen and oxygen atoms in total. The van der Waals surface area contributed by atoms with E-state index in [0.29, 0.717) is 6.54 Å². The van der Waals surface area contributed by atoms with Gasteiger partial charge in [0.25, 0.3) is 0 Å². The molecule has 3 unspecified atom stereocenters. The van der Waals surface area contributed by atoms with Crippen molar-refractivity contribution in [2.75, 3.05) is 33.9 Å². The van der Waals surface area contributed by atoms with Crippen molar-refractivity contribution < 1.29 is 9.47 Å². The Labute approximate surface area is 117 Å². The van der Waals surface area contributed by atoms with Crippen molar-refractivity contribution in [2.24, 2.45) is 5.73 Å². The molecule has 102 valence electrons. The summed E-state index contributed by atoms with van der Waals surface area (Å²) < 4.78 is 10.9. The van der Waals surface area contributed by atoms with E-state index in [2.05, 4.69) is 4.90 Å². The number of nitrogens with two attached hydrogens (primary N) is 1. The van der Waals surface area contributed by atoms with Gasteiger partial charge >= 0.3 is 0 Å². The van der Waals surface area contributed by atoms with E-state index in [9.17, 15) is 0 Å². The third-order valence-corrected chi connectivity index (χ3v) is 4.81. The monoisotopic (exact) mass is 290 g/mol. The number of ether oxygens (including phenoxy) is 2. The maximum atomic E-state index is 5.98. The van der Waals surface area contributed by atoms with Crippen molar-refractivity contribution in [3.63, 3.8) is 0 Å². The van der Waals surface area contributed by atoms with Gasteiger partial charge in [-0.1, -0.05) is 11.6 Å². The second-order valence-corrected chi connectivity index (χ2v) is 5.80. The maximum absolute atomic E-state index is 5.98. The SMILES string of the molecule is COC1CN(C(CN)c2cc(Cl)cs2)CC1OC. The summed E-state index contributed by atoms with van der Waals surface area (Å²) in [6.45, 7) is 2.25. The first kappa shape index (κ1) is 14.2. The average molecular weight is 291 g/mol. The summed E-state index contributed by atoms with van der Waals surface area (Å²) in [6, 6.07) is 2.19. The lowest BCUT2D eigenvalue weighted by Crippen LogP contribution is -2.32. The van der Waals surface area contributed by atoms with E-state index in [1.165, 1.54) is 4.88 Å². The zero-order chi connectivity index (χ0) is 13.1. The largest absolute Gasteiger partial charge is 0.377 e. The van der Waals surface area contributed by atoms with Gasteiger partial charge in [-0.3, -0.25) is 4.90 Å². The molecule has 0 aliphatic carbocycles.